The number of aliphatic hydroxyl groups excluding tert-OH is 1. The number of aliphatic hydroxyl groups is 1. The lowest BCUT2D eigenvalue weighted by Gasteiger charge is -2.40. The molecule has 6 atom stereocenters. The van der Waals surface area contributed by atoms with Gasteiger partial charge in [0.25, 0.3) is 5.91 Å². The number of benzene rings is 2. The molecule has 0 saturated carbocycles. The predicted octanol–water partition coefficient (Wildman–Crippen LogP) is 4.18. The number of nitrogens with zero attached hydrogens (tertiary/aromatic N) is 3. The van der Waals surface area contributed by atoms with E-state index in [0.717, 1.165) is 22.4 Å². The Morgan fingerprint density at radius 2 is 1.66 bits per heavy atom. The van der Waals surface area contributed by atoms with Gasteiger partial charge in [0.2, 0.25) is 11.8 Å². The maximum atomic E-state index is 14.9. The van der Waals surface area contributed by atoms with Crippen molar-refractivity contribution >= 4 is 23.4 Å². The van der Waals surface area contributed by atoms with E-state index in [1.54, 1.807) is 14.7 Å². The number of carbonyl (C=O) groups excluding carboxylic acids is 3. The van der Waals surface area contributed by atoms with E-state index in [0.29, 0.717) is 26.1 Å². The van der Waals surface area contributed by atoms with Crippen LogP contribution >= 0.6 is 0 Å². The van der Waals surface area contributed by atoms with E-state index >= 15 is 0 Å². The van der Waals surface area contributed by atoms with Gasteiger partial charge in [-0.05, 0) is 55.9 Å². The number of aryl methyl sites for hydroxylation is 2. The van der Waals surface area contributed by atoms with Crippen molar-refractivity contribution < 1.29 is 24.2 Å². The van der Waals surface area contributed by atoms with Crippen molar-refractivity contribution in [1.29, 1.82) is 0 Å². The number of anilines is 1. The average Bonchev–Trinajstić information content (AvgIpc) is 3.27. The third kappa shape index (κ3) is 4.79. The molecule has 232 valence electrons. The number of fused-ring (bicyclic) bond motifs is 2. The highest BCUT2D eigenvalue weighted by molar-refractivity contribution is 6.06. The first-order chi connectivity index (χ1) is 21.0. The molecule has 0 bridgehead atoms. The fourth-order valence-electron chi connectivity index (χ4n) is 7.90. The molecule has 1 N–H and O–H groups in total. The summed E-state index contributed by atoms with van der Waals surface area (Å²) in [6.07, 6.45) is 8.14. The van der Waals surface area contributed by atoms with Crippen molar-refractivity contribution in [1.82, 2.24) is 9.80 Å². The molecule has 2 fully saturated rings. The molecule has 0 aromatic heterocycles. The molecule has 3 amide bonds. The lowest BCUT2D eigenvalue weighted by Crippen LogP contribution is -2.59. The lowest BCUT2D eigenvalue weighted by molar-refractivity contribution is -0.151. The standard InChI is InChI=1S/C36H43N3O5/c1-23(2)19-27(22-40)39-31-34(43)38(28-20-24(3)13-14-25(28)4)18-10-16-36(31)30(33(39)42)29-32(41)37(17-9-15-35(29,5)44-36)21-26-11-7-6-8-12-26/h6-16,20,23,27,29-31,40H,17-19,21-22H2,1-5H3/t27-,29-,30+,31?,35+,36+/m1/s1. The van der Waals surface area contributed by atoms with Crippen LogP contribution in [0.3, 0.4) is 0 Å². The zero-order valence-corrected chi connectivity index (χ0v) is 26.3. The molecule has 8 nitrogen and oxygen atoms in total. The summed E-state index contributed by atoms with van der Waals surface area (Å²) in [7, 11) is 0. The van der Waals surface area contributed by atoms with Crippen LogP contribution in [0, 0.1) is 31.6 Å². The van der Waals surface area contributed by atoms with Crippen LogP contribution in [-0.2, 0) is 25.7 Å². The van der Waals surface area contributed by atoms with Crippen LogP contribution in [0.1, 0.15) is 43.9 Å². The zero-order valence-electron chi connectivity index (χ0n) is 26.3. The highest BCUT2D eigenvalue weighted by atomic mass is 16.5. The summed E-state index contributed by atoms with van der Waals surface area (Å²) >= 11 is 0. The Morgan fingerprint density at radius 1 is 0.932 bits per heavy atom. The van der Waals surface area contributed by atoms with Crippen molar-refractivity contribution in [2.24, 2.45) is 17.8 Å². The van der Waals surface area contributed by atoms with E-state index in [1.807, 2.05) is 107 Å². The molecule has 4 heterocycles. The highest BCUT2D eigenvalue weighted by Crippen LogP contribution is 2.58. The molecule has 0 radical (unpaired) electrons. The maximum Gasteiger partial charge on any atom is 0.253 e. The Kier molecular flexibility index (Phi) is 7.79. The molecular formula is C36H43N3O5. The average molecular weight is 598 g/mol. The van der Waals surface area contributed by atoms with Crippen molar-refractivity contribution in [3.05, 3.63) is 89.5 Å². The summed E-state index contributed by atoms with van der Waals surface area (Å²) in [5, 5.41) is 10.6. The molecule has 2 saturated heterocycles. The van der Waals surface area contributed by atoms with E-state index < -0.39 is 35.1 Å². The minimum Gasteiger partial charge on any atom is -0.394 e. The number of amides is 3. The van der Waals surface area contributed by atoms with E-state index in [1.165, 1.54) is 0 Å². The predicted molar refractivity (Wildman–Crippen MR) is 169 cm³/mol. The van der Waals surface area contributed by atoms with E-state index in [4.69, 9.17) is 4.74 Å². The van der Waals surface area contributed by atoms with Crippen LogP contribution in [0.4, 0.5) is 5.69 Å². The van der Waals surface area contributed by atoms with Crippen LogP contribution < -0.4 is 4.90 Å². The second-order valence-electron chi connectivity index (χ2n) is 13.5. The monoisotopic (exact) mass is 597 g/mol. The third-order valence-corrected chi connectivity index (χ3v) is 9.80. The van der Waals surface area contributed by atoms with Gasteiger partial charge in [-0.15, -0.1) is 0 Å². The second-order valence-corrected chi connectivity index (χ2v) is 13.5. The van der Waals surface area contributed by atoms with E-state index in [2.05, 4.69) is 0 Å². The lowest BCUT2D eigenvalue weighted by atomic mass is 9.74. The fraction of sp³-hybridized carbons (Fsp3) is 0.472. The second kappa shape index (κ2) is 11.3. The number of ether oxygens (including phenoxy) is 1. The molecule has 2 aromatic carbocycles. The van der Waals surface area contributed by atoms with Crippen molar-refractivity contribution in [3.8, 4) is 0 Å². The molecule has 1 spiro atoms. The highest BCUT2D eigenvalue weighted by Gasteiger charge is 2.75. The van der Waals surface area contributed by atoms with Gasteiger partial charge in [0, 0.05) is 25.3 Å². The summed E-state index contributed by atoms with van der Waals surface area (Å²) in [4.78, 5) is 49.3. The first kappa shape index (κ1) is 30.3. The molecule has 4 aliphatic rings. The topological polar surface area (TPSA) is 90.4 Å². The quantitative estimate of drug-likeness (QED) is 0.484. The first-order valence-electron chi connectivity index (χ1n) is 15.7. The Morgan fingerprint density at radius 3 is 2.36 bits per heavy atom. The Hall–Kier alpha value is -3.75. The Labute approximate surface area is 260 Å². The van der Waals surface area contributed by atoms with Gasteiger partial charge in [0.05, 0.1) is 30.1 Å². The number of carbonyl (C=O) groups is 3. The number of hydrogen-bond acceptors (Lipinski definition) is 5. The Balaban J connectivity index is 1.48. The minimum atomic E-state index is -1.37. The van der Waals surface area contributed by atoms with E-state index in [-0.39, 0.29) is 30.2 Å². The summed E-state index contributed by atoms with van der Waals surface area (Å²) < 4.78 is 6.99. The van der Waals surface area contributed by atoms with Gasteiger partial charge in [0.1, 0.15) is 11.6 Å². The van der Waals surface area contributed by atoms with Gasteiger partial charge in [-0.25, -0.2) is 0 Å². The number of hydrogen-bond donors (Lipinski definition) is 1. The van der Waals surface area contributed by atoms with Gasteiger partial charge < -0.3 is 24.5 Å². The molecule has 1 unspecified atom stereocenters. The van der Waals surface area contributed by atoms with Crippen LogP contribution in [0.15, 0.2) is 72.8 Å². The summed E-state index contributed by atoms with van der Waals surface area (Å²) in [5.74, 6) is -2.35. The van der Waals surface area contributed by atoms with Crippen LogP contribution in [0.2, 0.25) is 0 Å². The number of rotatable bonds is 7. The fourth-order valence-corrected chi connectivity index (χ4v) is 7.90. The van der Waals surface area contributed by atoms with Crippen molar-refractivity contribution in [3.63, 3.8) is 0 Å². The molecule has 2 aromatic rings. The molecule has 6 rings (SSSR count). The molecule has 0 aliphatic carbocycles. The van der Waals surface area contributed by atoms with Crippen molar-refractivity contribution in [2.75, 3.05) is 24.6 Å². The minimum absolute atomic E-state index is 0.165. The largest absolute Gasteiger partial charge is 0.394 e. The summed E-state index contributed by atoms with van der Waals surface area (Å²) in [6, 6.07) is 14.2. The maximum absolute atomic E-state index is 14.9. The van der Waals surface area contributed by atoms with Gasteiger partial charge in [-0.2, -0.15) is 0 Å². The van der Waals surface area contributed by atoms with Gasteiger partial charge >= 0.3 is 0 Å². The molecular weight excluding hydrogens is 554 g/mol. The zero-order chi connectivity index (χ0) is 31.4. The molecule has 44 heavy (non-hydrogen) atoms. The summed E-state index contributed by atoms with van der Waals surface area (Å²) in [5.41, 5.74) is 1.27. The van der Waals surface area contributed by atoms with Gasteiger partial charge in [-0.3, -0.25) is 14.4 Å². The van der Waals surface area contributed by atoms with Crippen LogP contribution in [-0.4, -0.2) is 75.6 Å². The summed E-state index contributed by atoms with van der Waals surface area (Å²) in [6.45, 7) is 10.7. The SMILES string of the molecule is Cc1ccc(C)c(N2CC=C[C@]34O[C@@]5(C)C=CCN(Cc6ccccc6)C(=O)[C@H]5[C@H]3C(=O)N([C@@H](CO)CC(C)C)C4C2=O)c1. The Bertz CT molecular complexity index is 1520. The molecule has 8 heteroatoms. The van der Waals surface area contributed by atoms with Gasteiger partial charge in [-0.1, -0.05) is 80.6 Å². The van der Waals surface area contributed by atoms with Crippen molar-refractivity contribution in [2.45, 2.75) is 70.9 Å². The third-order valence-electron chi connectivity index (χ3n) is 9.80. The smallest absolute Gasteiger partial charge is 0.253 e. The normalized spacial score (nSPS) is 30.4. The number of likely N-dealkylation sites (tertiary alicyclic amines) is 1. The first-order valence-corrected chi connectivity index (χ1v) is 15.7. The molecule has 4 aliphatic heterocycles. The van der Waals surface area contributed by atoms with E-state index in [9.17, 15) is 19.5 Å². The van der Waals surface area contributed by atoms with Gasteiger partial charge in [0.15, 0.2) is 0 Å². The van der Waals surface area contributed by atoms with Crippen LogP contribution in [0.5, 0.6) is 0 Å². The van der Waals surface area contributed by atoms with Crippen LogP contribution in [0.25, 0.3) is 0 Å².